The fraction of sp³-hybridized carbons (Fsp3) is 0.455. The number of amides is 1. The van der Waals surface area contributed by atoms with Gasteiger partial charge < -0.3 is 15.0 Å². The molecule has 0 unspecified atom stereocenters. The average Bonchev–Trinajstić information content (AvgIpc) is 2.72. The predicted octanol–water partition coefficient (Wildman–Crippen LogP) is 1.58. The maximum atomic E-state index is 13.2. The minimum Gasteiger partial charge on any atom is -0.379 e. The summed E-state index contributed by atoms with van der Waals surface area (Å²) in [5.74, 6) is 0.162. The van der Waals surface area contributed by atoms with Crippen LogP contribution in [0.5, 0.6) is 0 Å². The van der Waals surface area contributed by atoms with Crippen LogP contribution in [0.15, 0.2) is 54.9 Å². The van der Waals surface area contributed by atoms with Crippen LogP contribution in [0.25, 0.3) is 0 Å². The van der Waals surface area contributed by atoms with Crippen molar-refractivity contribution in [3.8, 4) is 0 Å². The van der Waals surface area contributed by atoms with Gasteiger partial charge in [-0.3, -0.25) is 14.7 Å². The molecule has 2 aliphatic heterocycles. The Balaban J connectivity index is 1.39. The van der Waals surface area contributed by atoms with Crippen molar-refractivity contribution in [1.82, 2.24) is 15.2 Å². The van der Waals surface area contributed by atoms with Crippen molar-refractivity contribution in [3.05, 3.63) is 60.4 Å². The third-order valence-corrected chi connectivity index (χ3v) is 5.70. The summed E-state index contributed by atoms with van der Waals surface area (Å²) in [5, 5.41) is 3.20. The number of ether oxygens (including phenoxy) is 1. The monoisotopic (exact) mass is 380 g/mol. The molecule has 148 valence electrons. The molecule has 0 bridgehead atoms. The molecule has 2 saturated heterocycles. The van der Waals surface area contributed by atoms with E-state index < -0.39 is 0 Å². The van der Waals surface area contributed by atoms with Crippen LogP contribution in [0, 0.1) is 5.41 Å². The normalized spacial score (nSPS) is 19.1. The van der Waals surface area contributed by atoms with E-state index >= 15 is 0 Å². The summed E-state index contributed by atoms with van der Waals surface area (Å²) in [6.45, 7) is 6.49. The van der Waals surface area contributed by atoms with E-state index in [0.717, 1.165) is 58.0 Å². The van der Waals surface area contributed by atoms with Gasteiger partial charge in [0, 0.05) is 57.3 Å². The van der Waals surface area contributed by atoms with Crippen LogP contribution < -0.4 is 10.2 Å². The Labute approximate surface area is 166 Å². The molecule has 28 heavy (non-hydrogen) atoms. The number of hydrogen-bond acceptors (Lipinski definition) is 5. The first-order valence-electron chi connectivity index (χ1n) is 10.0. The lowest BCUT2D eigenvalue weighted by molar-refractivity contribution is -0.132. The summed E-state index contributed by atoms with van der Waals surface area (Å²) < 4.78 is 5.39. The Morgan fingerprint density at radius 1 is 1.07 bits per heavy atom. The number of hydrogen-bond donors (Lipinski definition) is 1. The van der Waals surface area contributed by atoms with Crippen molar-refractivity contribution < 1.29 is 9.53 Å². The lowest BCUT2D eigenvalue weighted by Gasteiger charge is -2.50. The molecule has 2 aromatic rings. The zero-order valence-electron chi connectivity index (χ0n) is 16.2. The van der Waals surface area contributed by atoms with Crippen LogP contribution in [-0.4, -0.2) is 68.3 Å². The fourth-order valence-corrected chi connectivity index (χ4v) is 4.08. The first-order chi connectivity index (χ1) is 13.8. The molecule has 0 spiro atoms. The maximum Gasteiger partial charge on any atom is 0.230 e. The maximum absolute atomic E-state index is 13.2. The Morgan fingerprint density at radius 3 is 2.50 bits per heavy atom. The third-order valence-electron chi connectivity index (χ3n) is 5.70. The van der Waals surface area contributed by atoms with Crippen LogP contribution in [-0.2, 0) is 16.0 Å². The number of pyridine rings is 1. The lowest BCUT2D eigenvalue weighted by Crippen LogP contribution is -2.65. The van der Waals surface area contributed by atoms with Gasteiger partial charge in [0.05, 0.1) is 18.6 Å². The van der Waals surface area contributed by atoms with Gasteiger partial charge in [-0.05, 0) is 24.1 Å². The molecule has 1 N–H and O–H groups in total. The van der Waals surface area contributed by atoms with Gasteiger partial charge in [0.25, 0.3) is 0 Å². The zero-order chi connectivity index (χ0) is 19.2. The van der Waals surface area contributed by atoms with Crippen molar-refractivity contribution in [2.75, 3.05) is 57.4 Å². The van der Waals surface area contributed by atoms with Crippen molar-refractivity contribution >= 4 is 11.6 Å². The van der Waals surface area contributed by atoms with Crippen molar-refractivity contribution in [2.45, 2.75) is 6.42 Å². The van der Waals surface area contributed by atoms with E-state index in [1.165, 1.54) is 5.56 Å². The summed E-state index contributed by atoms with van der Waals surface area (Å²) in [6.07, 6.45) is 4.36. The van der Waals surface area contributed by atoms with E-state index in [1.807, 2.05) is 30.3 Å². The van der Waals surface area contributed by atoms with E-state index in [4.69, 9.17) is 4.74 Å². The van der Waals surface area contributed by atoms with Gasteiger partial charge in [-0.25, -0.2) is 0 Å². The number of anilines is 1. The molecule has 6 heteroatoms. The van der Waals surface area contributed by atoms with Gasteiger partial charge >= 0.3 is 0 Å². The predicted molar refractivity (Wildman–Crippen MR) is 109 cm³/mol. The quantitative estimate of drug-likeness (QED) is 0.790. The Bertz CT molecular complexity index is 757. The van der Waals surface area contributed by atoms with Crippen molar-refractivity contribution in [3.63, 3.8) is 0 Å². The first-order valence-corrected chi connectivity index (χ1v) is 10.0. The summed E-state index contributed by atoms with van der Waals surface area (Å²) in [4.78, 5) is 21.9. The Morgan fingerprint density at radius 2 is 1.79 bits per heavy atom. The van der Waals surface area contributed by atoms with E-state index in [1.54, 1.807) is 12.4 Å². The van der Waals surface area contributed by atoms with Crippen LogP contribution in [0.1, 0.15) is 5.56 Å². The number of nitrogens with one attached hydrogen (secondary N) is 1. The molecule has 1 aromatic carbocycles. The number of rotatable bonds is 7. The molecule has 4 rings (SSSR count). The smallest absolute Gasteiger partial charge is 0.230 e. The second-order valence-electron chi connectivity index (χ2n) is 7.71. The molecule has 3 heterocycles. The highest BCUT2D eigenvalue weighted by molar-refractivity contribution is 5.86. The molecule has 0 radical (unpaired) electrons. The van der Waals surface area contributed by atoms with Gasteiger partial charge in [0.15, 0.2) is 0 Å². The minimum atomic E-state index is -0.379. The SMILES string of the molecule is O=C(NCCN1CCOCC1)C1(Cc2ccccc2)CN(c2ccncc2)C1. The summed E-state index contributed by atoms with van der Waals surface area (Å²) in [5.41, 5.74) is 1.95. The number of morpholine rings is 1. The van der Waals surface area contributed by atoms with Crippen LogP contribution in [0.3, 0.4) is 0 Å². The number of benzene rings is 1. The lowest BCUT2D eigenvalue weighted by atomic mass is 9.73. The largest absolute Gasteiger partial charge is 0.379 e. The average molecular weight is 380 g/mol. The van der Waals surface area contributed by atoms with E-state index in [0.29, 0.717) is 6.54 Å². The minimum absolute atomic E-state index is 0.162. The van der Waals surface area contributed by atoms with Gasteiger partial charge in [-0.1, -0.05) is 30.3 Å². The van der Waals surface area contributed by atoms with Gasteiger partial charge in [-0.15, -0.1) is 0 Å². The van der Waals surface area contributed by atoms with Gasteiger partial charge in [-0.2, -0.15) is 0 Å². The van der Waals surface area contributed by atoms with E-state index in [-0.39, 0.29) is 11.3 Å². The second kappa shape index (κ2) is 8.71. The molecule has 1 aromatic heterocycles. The number of carbonyl (C=O) groups excluding carboxylic acids is 1. The molecular formula is C22H28N4O2. The van der Waals surface area contributed by atoms with Crippen LogP contribution in [0.2, 0.25) is 0 Å². The zero-order valence-corrected chi connectivity index (χ0v) is 16.2. The third kappa shape index (κ3) is 4.34. The summed E-state index contributed by atoms with van der Waals surface area (Å²) in [7, 11) is 0. The second-order valence-corrected chi connectivity index (χ2v) is 7.71. The molecule has 0 aliphatic carbocycles. The van der Waals surface area contributed by atoms with E-state index in [9.17, 15) is 4.79 Å². The molecule has 0 atom stereocenters. The first kappa shape index (κ1) is 18.9. The standard InChI is InChI=1S/C22H28N4O2/c27-21(24-10-11-25-12-14-28-15-13-25)22(16-19-4-2-1-3-5-19)17-26(18-22)20-6-8-23-9-7-20/h1-9H,10-18H2,(H,24,27). The molecule has 1 amide bonds. The van der Waals surface area contributed by atoms with E-state index in [2.05, 4.69) is 32.2 Å². The molecule has 0 saturated carbocycles. The highest BCUT2D eigenvalue weighted by atomic mass is 16.5. The Hall–Kier alpha value is -2.44. The molecule has 2 aliphatic rings. The fourth-order valence-electron chi connectivity index (χ4n) is 4.08. The van der Waals surface area contributed by atoms with Gasteiger partial charge in [0.2, 0.25) is 5.91 Å². The summed E-state index contributed by atoms with van der Waals surface area (Å²) >= 11 is 0. The van der Waals surface area contributed by atoms with Crippen LogP contribution >= 0.6 is 0 Å². The topological polar surface area (TPSA) is 57.7 Å². The highest BCUT2D eigenvalue weighted by Crippen LogP contribution is 2.37. The Kier molecular flexibility index (Phi) is 5.88. The van der Waals surface area contributed by atoms with Crippen molar-refractivity contribution in [1.29, 1.82) is 0 Å². The summed E-state index contributed by atoms with van der Waals surface area (Å²) in [6, 6.07) is 14.3. The van der Waals surface area contributed by atoms with Gasteiger partial charge in [0.1, 0.15) is 0 Å². The molecule has 6 nitrogen and oxygen atoms in total. The number of aromatic nitrogens is 1. The highest BCUT2D eigenvalue weighted by Gasteiger charge is 2.49. The van der Waals surface area contributed by atoms with Crippen LogP contribution in [0.4, 0.5) is 5.69 Å². The molecular weight excluding hydrogens is 352 g/mol. The molecule has 2 fully saturated rings. The number of carbonyl (C=O) groups is 1. The van der Waals surface area contributed by atoms with Crippen molar-refractivity contribution in [2.24, 2.45) is 5.41 Å². The number of nitrogens with zero attached hydrogens (tertiary/aromatic N) is 3.